The predicted octanol–water partition coefficient (Wildman–Crippen LogP) is 0.811. The second-order valence-electron chi connectivity index (χ2n) is 5.42. The Labute approximate surface area is 133 Å². The number of anilines is 1. The van der Waals surface area contributed by atoms with E-state index in [-0.39, 0.29) is 17.3 Å². The first-order valence-electron chi connectivity index (χ1n) is 6.91. The number of benzene rings is 1. The molecule has 0 spiro atoms. The molecule has 2 N–H and O–H groups in total. The Balaban J connectivity index is 2.17. The number of sulfonamides is 1. The van der Waals surface area contributed by atoms with Crippen molar-refractivity contribution in [2.24, 2.45) is 0 Å². The van der Waals surface area contributed by atoms with Gasteiger partial charge in [0.05, 0.1) is 16.7 Å². The van der Waals surface area contributed by atoms with Gasteiger partial charge in [-0.15, -0.1) is 0 Å². The molecule has 1 fully saturated rings. The van der Waals surface area contributed by atoms with Crippen molar-refractivity contribution in [1.82, 2.24) is 4.72 Å². The number of carboxylic acids is 1. The average molecular weight is 343 g/mol. The topological polar surface area (TPSA) is 130 Å². The third-order valence-corrected chi connectivity index (χ3v) is 4.40. The third kappa shape index (κ3) is 4.39. The molecule has 0 aliphatic carbocycles. The summed E-state index contributed by atoms with van der Waals surface area (Å²) in [5.41, 5.74) is -0.0636. The van der Waals surface area contributed by atoms with Crippen molar-refractivity contribution >= 4 is 27.4 Å². The maximum absolute atomic E-state index is 11.2. The summed E-state index contributed by atoms with van der Waals surface area (Å²) in [7, 11) is -3.28. The zero-order chi connectivity index (χ0) is 17.2. The maximum atomic E-state index is 11.2. The fourth-order valence-corrected chi connectivity index (χ4v) is 3.45. The normalized spacial score (nSPS) is 16.3. The lowest BCUT2D eigenvalue weighted by Gasteiger charge is -2.33. The minimum absolute atomic E-state index is 0.144. The highest BCUT2D eigenvalue weighted by molar-refractivity contribution is 7.88. The van der Waals surface area contributed by atoms with Gasteiger partial charge in [-0.25, -0.2) is 17.9 Å². The number of hydrogen-bond acceptors (Lipinski definition) is 6. The third-order valence-electron chi connectivity index (χ3n) is 3.64. The van der Waals surface area contributed by atoms with Crippen LogP contribution in [0.1, 0.15) is 23.2 Å². The van der Waals surface area contributed by atoms with E-state index < -0.39 is 20.9 Å². The number of rotatable bonds is 5. The molecule has 10 heteroatoms. The molecule has 23 heavy (non-hydrogen) atoms. The molecule has 9 nitrogen and oxygen atoms in total. The summed E-state index contributed by atoms with van der Waals surface area (Å²) in [5.74, 6) is -1.23. The number of nitro groups is 1. The van der Waals surface area contributed by atoms with E-state index in [2.05, 4.69) is 4.72 Å². The summed E-state index contributed by atoms with van der Waals surface area (Å²) in [6, 6.07) is 3.59. The highest BCUT2D eigenvalue weighted by Gasteiger charge is 2.27. The van der Waals surface area contributed by atoms with E-state index in [1.54, 1.807) is 4.90 Å². The molecule has 0 saturated carbocycles. The van der Waals surface area contributed by atoms with Gasteiger partial charge in [-0.3, -0.25) is 10.1 Å². The Morgan fingerprint density at radius 2 is 2.00 bits per heavy atom. The van der Waals surface area contributed by atoms with Crippen molar-refractivity contribution < 1.29 is 23.2 Å². The minimum Gasteiger partial charge on any atom is -0.478 e. The van der Waals surface area contributed by atoms with E-state index in [0.29, 0.717) is 31.6 Å². The standard InChI is InChI=1S/C13H17N3O6S/c1-23(21,22)14-10-4-6-15(7-5-10)11-3-2-9(13(17)18)8-12(11)16(19)20/h2-3,8,10,14H,4-7H2,1H3,(H,17,18). The van der Waals surface area contributed by atoms with Crippen molar-refractivity contribution in [3.8, 4) is 0 Å². The number of carbonyl (C=O) groups is 1. The van der Waals surface area contributed by atoms with Crippen LogP contribution in [0.3, 0.4) is 0 Å². The average Bonchev–Trinajstić information content (AvgIpc) is 2.45. The molecule has 1 heterocycles. The molecule has 0 atom stereocenters. The van der Waals surface area contributed by atoms with Gasteiger partial charge in [0.25, 0.3) is 5.69 Å². The summed E-state index contributed by atoms with van der Waals surface area (Å²) >= 11 is 0. The van der Waals surface area contributed by atoms with Gasteiger partial charge < -0.3 is 10.0 Å². The molecule has 0 unspecified atom stereocenters. The number of carboxylic acid groups (broad SMARTS) is 1. The molecule has 0 bridgehead atoms. The van der Waals surface area contributed by atoms with Crippen LogP contribution < -0.4 is 9.62 Å². The van der Waals surface area contributed by atoms with Crippen LogP contribution in [0, 0.1) is 10.1 Å². The number of nitrogens with one attached hydrogen (secondary N) is 1. The lowest BCUT2D eigenvalue weighted by Crippen LogP contribution is -2.44. The minimum atomic E-state index is -3.28. The van der Waals surface area contributed by atoms with Gasteiger partial charge in [-0.1, -0.05) is 0 Å². The number of piperidine rings is 1. The molecule has 1 aromatic rings. The van der Waals surface area contributed by atoms with Gasteiger partial charge in [0.1, 0.15) is 5.69 Å². The molecule has 1 aromatic carbocycles. The van der Waals surface area contributed by atoms with Gasteiger partial charge in [0.15, 0.2) is 0 Å². The number of aromatic carboxylic acids is 1. The van der Waals surface area contributed by atoms with Crippen molar-refractivity contribution in [2.45, 2.75) is 18.9 Å². The Morgan fingerprint density at radius 3 is 2.48 bits per heavy atom. The Morgan fingerprint density at radius 1 is 1.39 bits per heavy atom. The van der Waals surface area contributed by atoms with Gasteiger partial charge in [0.2, 0.25) is 10.0 Å². The van der Waals surface area contributed by atoms with E-state index in [0.717, 1.165) is 12.3 Å². The zero-order valence-corrected chi connectivity index (χ0v) is 13.2. The molecule has 2 rings (SSSR count). The molecule has 0 amide bonds. The molecule has 1 aliphatic rings. The van der Waals surface area contributed by atoms with E-state index >= 15 is 0 Å². The number of hydrogen-bond donors (Lipinski definition) is 2. The van der Waals surface area contributed by atoms with Gasteiger partial charge >= 0.3 is 5.97 Å². The monoisotopic (exact) mass is 343 g/mol. The lowest BCUT2D eigenvalue weighted by atomic mass is 10.0. The number of nitro benzene ring substituents is 1. The van der Waals surface area contributed by atoms with Crippen molar-refractivity contribution in [3.63, 3.8) is 0 Å². The van der Waals surface area contributed by atoms with Crippen LogP contribution in [-0.4, -0.2) is 49.8 Å². The lowest BCUT2D eigenvalue weighted by molar-refractivity contribution is -0.384. The second kappa shape index (κ2) is 6.50. The van der Waals surface area contributed by atoms with Crippen molar-refractivity contribution in [1.29, 1.82) is 0 Å². The Bertz CT molecular complexity index is 725. The fourth-order valence-electron chi connectivity index (χ4n) is 2.61. The highest BCUT2D eigenvalue weighted by Crippen LogP contribution is 2.31. The van der Waals surface area contributed by atoms with Crippen molar-refractivity contribution in [3.05, 3.63) is 33.9 Å². The molecule has 0 aromatic heterocycles. The fraction of sp³-hybridized carbons (Fsp3) is 0.462. The van der Waals surface area contributed by atoms with Crippen LogP contribution in [0.25, 0.3) is 0 Å². The highest BCUT2D eigenvalue weighted by atomic mass is 32.2. The summed E-state index contributed by atoms with van der Waals surface area (Å²) < 4.78 is 25.0. The first kappa shape index (κ1) is 17.2. The van der Waals surface area contributed by atoms with E-state index in [1.807, 2.05) is 0 Å². The van der Waals surface area contributed by atoms with E-state index in [1.165, 1.54) is 12.1 Å². The van der Waals surface area contributed by atoms with Gasteiger partial charge in [0, 0.05) is 25.2 Å². The SMILES string of the molecule is CS(=O)(=O)NC1CCN(c2ccc(C(=O)O)cc2[N+](=O)[O-])CC1. The first-order chi connectivity index (χ1) is 10.7. The predicted molar refractivity (Wildman–Crippen MR) is 83.3 cm³/mol. The molecular formula is C13H17N3O6S. The quantitative estimate of drug-likeness (QED) is 0.597. The second-order valence-corrected chi connectivity index (χ2v) is 7.20. The molecule has 126 valence electrons. The Hall–Kier alpha value is -2.20. The summed E-state index contributed by atoms with van der Waals surface area (Å²) in [6.07, 6.45) is 2.13. The van der Waals surface area contributed by atoms with Crippen LogP contribution in [-0.2, 0) is 10.0 Å². The largest absolute Gasteiger partial charge is 0.478 e. The van der Waals surface area contributed by atoms with Crippen LogP contribution in [0.4, 0.5) is 11.4 Å². The molecule has 0 radical (unpaired) electrons. The molecular weight excluding hydrogens is 326 g/mol. The first-order valence-corrected chi connectivity index (χ1v) is 8.80. The van der Waals surface area contributed by atoms with E-state index in [9.17, 15) is 23.3 Å². The summed E-state index contributed by atoms with van der Waals surface area (Å²) in [6.45, 7) is 0.890. The van der Waals surface area contributed by atoms with Crippen LogP contribution in [0.5, 0.6) is 0 Å². The maximum Gasteiger partial charge on any atom is 0.335 e. The van der Waals surface area contributed by atoms with Crippen molar-refractivity contribution in [2.75, 3.05) is 24.2 Å². The van der Waals surface area contributed by atoms with Crippen LogP contribution >= 0.6 is 0 Å². The number of nitrogens with zero attached hydrogens (tertiary/aromatic N) is 2. The Kier molecular flexibility index (Phi) is 4.85. The smallest absolute Gasteiger partial charge is 0.335 e. The van der Waals surface area contributed by atoms with E-state index in [4.69, 9.17) is 5.11 Å². The molecule has 1 saturated heterocycles. The molecule has 1 aliphatic heterocycles. The summed E-state index contributed by atoms with van der Waals surface area (Å²) in [4.78, 5) is 23.3. The summed E-state index contributed by atoms with van der Waals surface area (Å²) in [5, 5.41) is 20.1. The van der Waals surface area contributed by atoms with Crippen LogP contribution in [0.2, 0.25) is 0 Å². The van der Waals surface area contributed by atoms with Gasteiger partial charge in [-0.2, -0.15) is 0 Å². The van der Waals surface area contributed by atoms with Gasteiger partial charge in [-0.05, 0) is 25.0 Å². The van der Waals surface area contributed by atoms with Crippen LogP contribution in [0.15, 0.2) is 18.2 Å². The zero-order valence-electron chi connectivity index (χ0n) is 12.4.